The minimum absolute atomic E-state index is 0.175. The first-order chi connectivity index (χ1) is 8.22. The highest BCUT2D eigenvalue weighted by atomic mass is 16.3. The number of carbonyl (C=O) groups excluding carboxylic acids is 1. The van der Waals surface area contributed by atoms with Gasteiger partial charge in [0.2, 0.25) is 0 Å². The summed E-state index contributed by atoms with van der Waals surface area (Å²) in [4.78, 5) is 11.5. The summed E-state index contributed by atoms with van der Waals surface area (Å²) >= 11 is 0. The van der Waals surface area contributed by atoms with E-state index in [0.29, 0.717) is 6.42 Å². The molecule has 0 atom stereocenters. The molecule has 0 aliphatic heterocycles. The highest BCUT2D eigenvalue weighted by Gasteiger charge is 1.96. The molecule has 0 heterocycles. The topological polar surface area (TPSA) is 37.3 Å². The third-order valence-corrected chi connectivity index (χ3v) is 2.63. The number of allylic oxidation sites excluding steroid dienone is 1. The Morgan fingerprint density at radius 1 is 1.18 bits per heavy atom. The maximum atomic E-state index is 11.5. The molecule has 0 spiro atoms. The van der Waals surface area contributed by atoms with Gasteiger partial charge in [-0.15, -0.1) is 0 Å². The van der Waals surface area contributed by atoms with E-state index < -0.39 is 0 Å². The van der Waals surface area contributed by atoms with Gasteiger partial charge in [-0.25, -0.2) is 0 Å². The molecule has 17 heavy (non-hydrogen) atoms. The smallest absolute Gasteiger partial charge is 0.155 e. The van der Waals surface area contributed by atoms with E-state index in [-0.39, 0.29) is 11.5 Å². The van der Waals surface area contributed by atoms with Gasteiger partial charge in [-0.3, -0.25) is 4.79 Å². The lowest BCUT2D eigenvalue weighted by Gasteiger charge is -1.96. The minimum atomic E-state index is 0.175. The van der Waals surface area contributed by atoms with E-state index in [4.69, 9.17) is 5.11 Å². The zero-order valence-corrected chi connectivity index (χ0v) is 10.4. The molecule has 2 heteroatoms. The molecule has 0 amide bonds. The van der Waals surface area contributed by atoms with Gasteiger partial charge in [-0.2, -0.15) is 0 Å². The van der Waals surface area contributed by atoms with Crippen LogP contribution in [0, 0.1) is 0 Å². The minimum Gasteiger partial charge on any atom is -0.508 e. The summed E-state index contributed by atoms with van der Waals surface area (Å²) in [6.07, 6.45) is 8.56. The maximum absolute atomic E-state index is 11.5. The lowest BCUT2D eigenvalue weighted by atomic mass is 10.1. The van der Waals surface area contributed by atoms with Crippen LogP contribution in [0.25, 0.3) is 6.08 Å². The number of hydrogen-bond donors (Lipinski definition) is 1. The molecule has 0 fully saturated rings. The number of hydrogen-bond acceptors (Lipinski definition) is 2. The molecule has 0 bridgehead atoms. The number of aromatic hydroxyl groups is 1. The number of phenols is 1. The maximum Gasteiger partial charge on any atom is 0.155 e. The zero-order chi connectivity index (χ0) is 12.5. The number of carbonyl (C=O) groups is 1. The monoisotopic (exact) mass is 232 g/mol. The molecular formula is C15H20O2. The molecule has 1 rings (SSSR count). The van der Waals surface area contributed by atoms with Crippen molar-refractivity contribution in [3.05, 3.63) is 35.9 Å². The van der Waals surface area contributed by atoms with Gasteiger partial charge < -0.3 is 5.11 Å². The zero-order valence-electron chi connectivity index (χ0n) is 10.4. The Hall–Kier alpha value is -1.57. The molecule has 2 nitrogen and oxygen atoms in total. The van der Waals surface area contributed by atoms with Crippen molar-refractivity contribution in [3.63, 3.8) is 0 Å². The number of benzene rings is 1. The van der Waals surface area contributed by atoms with E-state index in [0.717, 1.165) is 18.4 Å². The second kappa shape index (κ2) is 7.66. The number of rotatable bonds is 7. The molecule has 1 N–H and O–H groups in total. The molecule has 0 unspecified atom stereocenters. The summed E-state index contributed by atoms with van der Waals surface area (Å²) in [5.41, 5.74) is 0.935. The van der Waals surface area contributed by atoms with Crippen LogP contribution in [0.4, 0.5) is 0 Å². The second-order valence-electron chi connectivity index (χ2n) is 4.20. The Morgan fingerprint density at radius 3 is 2.53 bits per heavy atom. The van der Waals surface area contributed by atoms with Crippen LogP contribution in [0.15, 0.2) is 30.3 Å². The molecule has 0 saturated heterocycles. The van der Waals surface area contributed by atoms with Crippen LogP contribution in [0.3, 0.4) is 0 Å². The first-order valence-corrected chi connectivity index (χ1v) is 6.22. The van der Waals surface area contributed by atoms with E-state index in [9.17, 15) is 4.79 Å². The average molecular weight is 232 g/mol. The van der Waals surface area contributed by atoms with Gasteiger partial charge in [0.1, 0.15) is 5.75 Å². The van der Waals surface area contributed by atoms with Crippen molar-refractivity contribution in [2.24, 2.45) is 0 Å². The van der Waals surface area contributed by atoms with Crippen molar-refractivity contribution in [1.29, 1.82) is 0 Å². The van der Waals surface area contributed by atoms with Crippen LogP contribution >= 0.6 is 0 Å². The average Bonchev–Trinajstić information content (AvgIpc) is 2.34. The lowest BCUT2D eigenvalue weighted by molar-refractivity contribution is -0.114. The fourth-order valence-corrected chi connectivity index (χ4v) is 1.58. The van der Waals surface area contributed by atoms with Crippen molar-refractivity contribution in [1.82, 2.24) is 0 Å². The highest BCUT2D eigenvalue weighted by molar-refractivity contribution is 5.93. The normalized spacial score (nSPS) is 10.9. The molecule has 0 aliphatic rings. The molecule has 92 valence electrons. The van der Waals surface area contributed by atoms with Crippen molar-refractivity contribution >= 4 is 11.9 Å². The molecule has 0 aromatic heterocycles. The van der Waals surface area contributed by atoms with Gasteiger partial charge in [-0.05, 0) is 30.2 Å². The van der Waals surface area contributed by atoms with Gasteiger partial charge in [0.05, 0.1) is 0 Å². The van der Waals surface area contributed by atoms with Crippen molar-refractivity contribution < 1.29 is 9.90 Å². The third kappa shape index (κ3) is 5.91. The van der Waals surface area contributed by atoms with E-state index in [1.165, 1.54) is 12.8 Å². The fraction of sp³-hybridized carbons (Fsp3) is 0.400. The summed E-state index contributed by atoms with van der Waals surface area (Å²) in [5, 5.41) is 9.11. The first-order valence-electron chi connectivity index (χ1n) is 6.22. The Kier molecular flexibility index (Phi) is 6.08. The number of ketones is 1. The Morgan fingerprint density at radius 2 is 1.88 bits per heavy atom. The summed E-state index contributed by atoms with van der Waals surface area (Å²) in [7, 11) is 0. The van der Waals surface area contributed by atoms with Gasteiger partial charge in [-0.1, -0.05) is 44.4 Å². The van der Waals surface area contributed by atoms with E-state index >= 15 is 0 Å². The Bertz CT molecular complexity index is 363. The summed E-state index contributed by atoms with van der Waals surface area (Å²) < 4.78 is 0. The standard InChI is InChI=1S/C15H20O2/c1-2-3-4-5-6-14(16)10-7-13-8-11-15(17)12-9-13/h7-12,17H,2-6H2,1H3/b10-7+. The SMILES string of the molecule is CCCCCCC(=O)/C=C/c1ccc(O)cc1. The molecule has 0 aliphatic carbocycles. The van der Waals surface area contributed by atoms with Gasteiger partial charge in [0, 0.05) is 6.42 Å². The van der Waals surface area contributed by atoms with E-state index in [2.05, 4.69) is 6.92 Å². The summed E-state index contributed by atoms with van der Waals surface area (Å²) in [6.45, 7) is 2.16. The molecule has 1 aromatic carbocycles. The molecule has 1 aromatic rings. The van der Waals surface area contributed by atoms with Crippen molar-refractivity contribution in [2.45, 2.75) is 39.0 Å². The van der Waals surface area contributed by atoms with Crippen LogP contribution in [0.5, 0.6) is 5.75 Å². The highest BCUT2D eigenvalue weighted by Crippen LogP contribution is 2.11. The second-order valence-corrected chi connectivity index (χ2v) is 4.20. The van der Waals surface area contributed by atoms with Crippen LogP contribution in [-0.2, 0) is 4.79 Å². The third-order valence-electron chi connectivity index (χ3n) is 2.63. The van der Waals surface area contributed by atoms with Crippen molar-refractivity contribution in [2.75, 3.05) is 0 Å². The van der Waals surface area contributed by atoms with E-state index in [1.54, 1.807) is 36.4 Å². The lowest BCUT2D eigenvalue weighted by Crippen LogP contribution is -1.91. The van der Waals surface area contributed by atoms with E-state index in [1.807, 2.05) is 0 Å². The Labute approximate surface area is 103 Å². The fourth-order valence-electron chi connectivity index (χ4n) is 1.58. The predicted molar refractivity (Wildman–Crippen MR) is 70.9 cm³/mol. The molecule has 0 saturated carbocycles. The first kappa shape index (κ1) is 13.5. The van der Waals surface area contributed by atoms with Gasteiger partial charge >= 0.3 is 0 Å². The predicted octanol–water partition coefficient (Wildman–Crippen LogP) is 3.94. The largest absolute Gasteiger partial charge is 0.508 e. The number of unbranched alkanes of at least 4 members (excludes halogenated alkanes) is 3. The van der Waals surface area contributed by atoms with Crippen LogP contribution in [0.1, 0.15) is 44.6 Å². The van der Waals surface area contributed by atoms with Crippen LogP contribution in [-0.4, -0.2) is 10.9 Å². The van der Waals surface area contributed by atoms with Gasteiger partial charge in [0.25, 0.3) is 0 Å². The quantitative estimate of drug-likeness (QED) is 0.571. The number of phenolic OH excluding ortho intramolecular Hbond substituents is 1. The summed E-state index contributed by atoms with van der Waals surface area (Å²) in [5.74, 6) is 0.419. The molecular weight excluding hydrogens is 212 g/mol. The van der Waals surface area contributed by atoms with Crippen LogP contribution in [0.2, 0.25) is 0 Å². The van der Waals surface area contributed by atoms with Gasteiger partial charge in [0.15, 0.2) is 5.78 Å². The molecule has 0 radical (unpaired) electrons. The Balaban J connectivity index is 2.32. The van der Waals surface area contributed by atoms with Crippen molar-refractivity contribution in [3.8, 4) is 5.75 Å². The summed E-state index contributed by atoms with van der Waals surface area (Å²) in [6, 6.07) is 6.81. The van der Waals surface area contributed by atoms with Crippen LogP contribution < -0.4 is 0 Å².